The molecule has 5 heteroatoms. The zero-order chi connectivity index (χ0) is 10.7. The molecule has 1 rings (SSSR count). The molecule has 1 aromatic rings. The summed E-state index contributed by atoms with van der Waals surface area (Å²) < 4.78 is 0.707. The summed E-state index contributed by atoms with van der Waals surface area (Å²) >= 11 is 9.12. The number of aliphatic carboxylic acids is 1. The highest BCUT2D eigenvalue weighted by molar-refractivity contribution is 9.10. The number of hydrogen-bond acceptors (Lipinski definition) is 2. The van der Waals surface area contributed by atoms with Crippen LogP contribution in [0.3, 0.4) is 0 Å². The fraction of sp³-hybridized carbons (Fsp3) is 0.222. The van der Waals surface area contributed by atoms with E-state index < -0.39 is 12.0 Å². The van der Waals surface area contributed by atoms with E-state index in [0.717, 1.165) is 5.56 Å². The molecule has 0 aromatic heterocycles. The maximum absolute atomic E-state index is 10.5. The second kappa shape index (κ2) is 4.77. The Morgan fingerprint density at radius 2 is 2.29 bits per heavy atom. The van der Waals surface area contributed by atoms with Gasteiger partial charge in [-0.25, -0.2) is 0 Å². The number of halogens is 2. The highest BCUT2D eigenvalue weighted by Crippen LogP contribution is 2.26. The Morgan fingerprint density at radius 1 is 1.64 bits per heavy atom. The molecule has 1 aromatic carbocycles. The molecule has 0 fully saturated rings. The van der Waals surface area contributed by atoms with E-state index in [1.165, 1.54) is 0 Å². The molecular weight excluding hydrogens is 269 g/mol. The van der Waals surface area contributed by atoms with Crippen LogP contribution in [0.25, 0.3) is 0 Å². The van der Waals surface area contributed by atoms with Gasteiger partial charge in [0.1, 0.15) is 6.04 Å². The third-order valence-electron chi connectivity index (χ3n) is 1.79. The van der Waals surface area contributed by atoms with Gasteiger partial charge in [0.05, 0.1) is 5.02 Å². The Kier molecular flexibility index (Phi) is 3.92. The summed E-state index contributed by atoms with van der Waals surface area (Å²) in [6.07, 6.45) is 0.260. The molecule has 3 N–H and O–H groups in total. The van der Waals surface area contributed by atoms with E-state index in [9.17, 15) is 4.79 Å². The van der Waals surface area contributed by atoms with Crippen LogP contribution in [0.4, 0.5) is 0 Å². The first kappa shape index (κ1) is 11.5. The summed E-state index contributed by atoms with van der Waals surface area (Å²) in [5, 5.41) is 9.19. The molecule has 0 amide bonds. The summed E-state index contributed by atoms with van der Waals surface area (Å²) in [4.78, 5) is 10.5. The highest BCUT2D eigenvalue weighted by Gasteiger charge is 2.14. The lowest BCUT2D eigenvalue weighted by Crippen LogP contribution is -2.32. The lowest BCUT2D eigenvalue weighted by molar-refractivity contribution is -0.138. The van der Waals surface area contributed by atoms with Gasteiger partial charge < -0.3 is 10.8 Å². The minimum absolute atomic E-state index is 0.260. The van der Waals surface area contributed by atoms with Crippen molar-refractivity contribution in [3.05, 3.63) is 33.3 Å². The molecule has 0 aliphatic carbocycles. The fourth-order valence-corrected chi connectivity index (χ4v) is 1.65. The minimum Gasteiger partial charge on any atom is -0.480 e. The highest BCUT2D eigenvalue weighted by atomic mass is 79.9. The maximum atomic E-state index is 10.5. The molecule has 0 aliphatic rings. The molecule has 0 radical (unpaired) electrons. The zero-order valence-electron chi connectivity index (χ0n) is 7.21. The average Bonchev–Trinajstić information content (AvgIpc) is 2.12. The number of carboxylic acids is 1. The molecule has 1 atom stereocenters. The van der Waals surface area contributed by atoms with Crippen molar-refractivity contribution in [1.29, 1.82) is 0 Å². The lowest BCUT2D eigenvalue weighted by Gasteiger charge is -2.08. The molecule has 0 spiro atoms. The molecule has 0 unspecified atom stereocenters. The van der Waals surface area contributed by atoms with Crippen LogP contribution in [0.5, 0.6) is 0 Å². The van der Waals surface area contributed by atoms with Crippen molar-refractivity contribution in [3.63, 3.8) is 0 Å². The van der Waals surface area contributed by atoms with E-state index in [2.05, 4.69) is 15.9 Å². The first-order valence-electron chi connectivity index (χ1n) is 3.93. The second-order valence-corrected chi connectivity index (χ2v) is 4.06. The van der Waals surface area contributed by atoms with Crippen LogP contribution in [-0.4, -0.2) is 17.1 Å². The van der Waals surface area contributed by atoms with Crippen LogP contribution in [0.2, 0.25) is 5.02 Å². The van der Waals surface area contributed by atoms with Crippen LogP contribution < -0.4 is 5.73 Å². The van der Waals surface area contributed by atoms with Crippen molar-refractivity contribution >= 4 is 33.5 Å². The molecule has 0 heterocycles. The van der Waals surface area contributed by atoms with Crippen LogP contribution in [0.1, 0.15) is 5.56 Å². The number of carbonyl (C=O) groups is 1. The summed E-state index contributed by atoms with van der Waals surface area (Å²) in [7, 11) is 0. The summed E-state index contributed by atoms with van der Waals surface area (Å²) in [5.41, 5.74) is 6.20. The van der Waals surface area contributed by atoms with Gasteiger partial charge in [0, 0.05) is 4.47 Å². The van der Waals surface area contributed by atoms with Crippen LogP contribution in [-0.2, 0) is 11.2 Å². The van der Waals surface area contributed by atoms with Gasteiger partial charge in [0.25, 0.3) is 0 Å². The summed E-state index contributed by atoms with van der Waals surface area (Å²) in [6, 6.07) is 4.38. The van der Waals surface area contributed by atoms with Gasteiger partial charge in [-0.15, -0.1) is 0 Å². The van der Waals surface area contributed by atoms with Crippen molar-refractivity contribution in [3.8, 4) is 0 Å². The van der Waals surface area contributed by atoms with E-state index in [1.807, 2.05) is 0 Å². The standard InChI is InChI=1S/C9H9BrClNO2/c10-8-5(2-1-3-6(8)11)4-7(12)9(13)14/h1-3,7H,4,12H2,(H,13,14)/t7-/m1/s1. The Balaban J connectivity index is 2.87. The lowest BCUT2D eigenvalue weighted by atomic mass is 10.1. The van der Waals surface area contributed by atoms with Gasteiger partial charge in [-0.2, -0.15) is 0 Å². The van der Waals surface area contributed by atoms with E-state index in [1.54, 1.807) is 18.2 Å². The molecule has 0 bridgehead atoms. The molecular formula is C9H9BrClNO2. The molecule has 14 heavy (non-hydrogen) atoms. The van der Waals surface area contributed by atoms with Crippen molar-refractivity contribution in [2.45, 2.75) is 12.5 Å². The molecule has 0 aliphatic heterocycles. The molecule has 0 saturated carbocycles. The second-order valence-electron chi connectivity index (χ2n) is 2.86. The van der Waals surface area contributed by atoms with E-state index >= 15 is 0 Å². The Labute approximate surface area is 95.0 Å². The summed E-state index contributed by atoms with van der Waals surface area (Å²) in [5.74, 6) is -1.02. The van der Waals surface area contributed by atoms with E-state index in [4.69, 9.17) is 22.4 Å². The smallest absolute Gasteiger partial charge is 0.320 e. The number of rotatable bonds is 3. The first-order valence-corrected chi connectivity index (χ1v) is 5.10. The van der Waals surface area contributed by atoms with Crippen LogP contribution >= 0.6 is 27.5 Å². The van der Waals surface area contributed by atoms with Crippen molar-refractivity contribution < 1.29 is 9.90 Å². The van der Waals surface area contributed by atoms with E-state index in [0.29, 0.717) is 9.50 Å². The van der Waals surface area contributed by atoms with Gasteiger partial charge in [-0.3, -0.25) is 4.79 Å². The largest absolute Gasteiger partial charge is 0.480 e. The Bertz CT molecular complexity index is 357. The van der Waals surface area contributed by atoms with Gasteiger partial charge in [-0.1, -0.05) is 23.7 Å². The van der Waals surface area contributed by atoms with Gasteiger partial charge >= 0.3 is 5.97 Å². The fourth-order valence-electron chi connectivity index (χ4n) is 1.03. The van der Waals surface area contributed by atoms with Gasteiger partial charge in [0.2, 0.25) is 0 Å². The van der Waals surface area contributed by atoms with Crippen LogP contribution in [0, 0.1) is 0 Å². The SMILES string of the molecule is N[C@H](Cc1cccc(Cl)c1Br)C(=O)O. The Hall–Kier alpha value is -0.580. The quantitative estimate of drug-likeness (QED) is 0.889. The number of carboxylic acid groups (broad SMARTS) is 1. The van der Waals surface area contributed by atoms with Crippen LogP contribution in [0.15, 0.2) is 22.7 Å². The first-order chi connectivity index (χ1) is 6.52. The topological polar surface area (TPSA) is 63.3 Å². The number of nitrogens with two attached hydrogens (primary N) is 1. The monoisotopic (exact) mass is 277 g/mol. The minimum atomic E-state index is -1.02. The van der Waals surface area contributed by atoms with Crippen molar-refractivity contribution in [2.24, 2.45) is 5.73 Å². The normalized spacial score (nSPS) is 12.5. The molecule has 0 saturated heterocycles. The third kappa shape index (κ3) is 2.70. The van der Waals surface area contributed by atoms with Crippen molar-refractivity contribution in [1.82, 2.24) is 0 Å². The average molecular weight is 279 g/mol. The third-order valence-corrected chi connectivity index (χ3v) is 3.27. The molecule has 76 valence electrons. The Morgan fingerprint density at radius 3 is 2.86 bits per heavy atom. The van der Waals surface area contributed by atoms with E-state index in [-0.39, 0.29) is 6.42 Å². The predicted octanol–water partition coefficient (Wildman–Crippen LogP) is 2.06. The van der Waals surface area contributed by atoms with Crippen molar-refractivity contribution in [2.75, 3.05) is 0 Å². The van der Waals surface area contributed by atoms with Gasteiger partial charge in [-0.05, 0) is 34.0 Å². The summed E-state index contributed by atoms with van der Waals surface area (Å²) in [6.45, 7) is 0. The predicted molar refractivity (Wildman–Crippen MR) is 58.5 cm³/mol. The number of hydrogen-bond donors (Lipinski definition) is 2. The zero-order valence-corrected chi connectivity index (χ0v) is 9.55. The maximum Gasteiger partial charge on any atom is 0.320 e. The molecule has 3 nitrogen and oxygen atoms in total. The van der Waals surface area contributed by atoms with Gasteiger partial charge in [0.15, 0.2) is 0 Å². The number of benzene rings is 1.